The fourth-order valence-electron chi connectivity index (χ4n) is 2.80. The molecule has 7 nitrogen and oxygen atoms in total. The minimum atomic E-state index is -0.244. The summed E-state index contributed by atoms with van der Waals surface area (Å²) in [6, 6.07) is 13.5. The van der Waals surface area contributed by atoms with Crippen molar-refractivity contribution in [3.05, 3.63) is 71.5 Å². The van der Waals surface area contributed by atoms with Gasteiger partial charge in [0.2, 0.25) is 12.7 Å². The summed E-state index contributed by atoms with van der Waals surface area (Å²) in [4.78, 5) is 20.8. The zero-order valence-corrected chi connectivity index (χ0v) is 15.4. The van der Waals surface area contributed by atoms with E-state index in [0.29, 0.717) is 18.1 Å². The number of fused-ring (bicyclic) bond motifs is 1. The maximum absolute atomic E-state index is 12.3. The Morgan fingerprint density at radius 2 is 1.71 bits per heavy atom. The number of benzene rings is 2. The van der Waals surface area contributed by atoms with E-state index < -0.39 is 0 Å². The molecule has 1 aliphatic heterocycles. The fourth-order valence-corrected chi connectivity index (χ4v) is 2.80. The van der Waals surface area contributed by atoms with Crippen LogP contribution in [-0.4, -0.2) is 22.7 Å². The summed E-state index contributed by atoms with van der Waals surface area (Å²) in [6.07, 6.45) is 3.97. The second-order valence-corrected chi connectivity index (χ2v) is 6.34. The van der Waals surface area contributed by atoms with Gasteiger partial charge in [-0.15, -0.1) is 0 Å². The standard InChI is InChI=1S/C21H20N4O3/c1-2-14-3-6-17(7-4-14)25-20(26)16-11-23-21(24-12-16)22-10-15-5-8-18-19(9-15)28-13-27-18/h3-9,11-12H,2,10,13H2,1H3,(H,25,26)(H,22,23,24). The molecule has 0 spiro atoms. The van der Waals surface area contributed by atoms with E-state index in [1.807, 2.05) is 42.5 Å². The summed E-state index contributed by atoms with van der Waals surface area (Å²) in [5, 5.41) is 5.98. The molecular formula is C21H20N4O3. The molecule has 0 aliphatic carbocycles. The highest BCUT2D eigenvalue weighted by Crippen LogP contribution is 2.32. The molecule has 0 saturated carbocycles. The number of amides is 1. The molecular weight excluding hydrogens is 356 g/mol. The van der Waals surface area contributed by atoms with Gasteiger partial charge in [-0.1, -0.05) is 25.1 Å². The van der Waals surface area contributed by atoms with Gasteiger partial charge in [-0.05, 0) is 41.8 Å². The number of carbonyl (C=O) groups excluding carboxylic acids is 1. The molecule has 1 aromatic heterocycles. The van der Waals surface area contributed by atoms with Gasteiger partial charge in [0, 0.05) is 24.6 Å². The first-order valence-corrected chi connectivity index (χ1v) is 9.06. The maximum atomic E-state index is 12.3. The van der Waals surface area contributed by atoms with Crippen molar-refractivity contribution >= 4 is 17.5 Å². The number of hydrogen-bond donors (Lipinski definition) is 2. The number of ether oxygens (including phenoxy) is 2. The predicted molar refractivity (Wildman–Crippen MR) is 106 cm³/mol. The van der Waals surface area contributed by atoms with Crippen molar-refractivity contribution in [3.63, 3.8) is 0 Å². The number of aromatic nitrogens is 2. The van der Waals surface area contributed by atoms with E-state index in [1.54, 1.807) is 0 Å². The Labute approximate surface area is 162 Å². The summed E-state index contributed by atoms with van der Waals surface area (Å²) in [5.41, 5.74) is 3.38. The summed E-state index contributed by atoms with van der Waals surface area (Å²) in [7, 11) is 0. The normalized spacial score (nSPS) is 11.9. The molecule has 2 N–H and O–H groups in total. The van der Waals surface area contributed by atoms with Gasteiger partial charge in [-0.2, -0.15) is 0 Å². The predicted octanol–water partition coefficient (Wildman–Crippen LogP) is 3.63. The molecule has 142 valence electrons. The van der Waals surface area contributed by atoms with Crippen LogP contribution in [0.15, 0.2) is 54.9 Å². The average molecular weight is 376 g/mol. The molecule has 1 amide bonds. The first-order valence-electron chi connectivity index (χ1n) is 9.06. The first kappa shape index (κ1) is 17.8. The lowest BCUT2D eigenvalue weighted by molar-refractivity contribution is 0.102. The van der Waals surface area contributed by atoms with Crippen LogP contribution < -0.4 is 20.1 Å². The highest BCUT2D eigenvalue weighted by molar-refractivity contribution is 6.03. The number of anilines is 2. The van der Waals surface area contributed by atoms with Crippen LogP contribution in [0.3, 0.4) is 0 Å². The number of hydrogen-bond acceptors (Lipinski definition) is 6. The Balaban J connectivity index is 1.34. The molecule has 2 heterocycles. The third kappa shape index (κ3) is 4.03. The molecule has 1 aliphatic rings. The second kappa shape index (κ2) is 7.96. The van der Waals surface area contributed by atoms with Crippen LogP contribution >= 0.6 is 0 Å². The first-order chi connectivity index (χ1) is 13.7. The molecule has 0 unspecified atom stereocenters. The van der Waals surface area contributed by atoms with E-state index in [2.05, 4.69) is 27.5 Å². The summed E-state index contributed by atoms with van der Waals surface area (Å²) >= 11 is 0. The van der Waals surface area contributed by atoms with Crippen LogP contribution in [0.4, 0.5) is 11.6 Å². The van der Waals surface area contributed by atoms with E-state index in [-0.39, 0.29) is 12.7 Å². The van der Waals surface area contributed by atoms with Crippen molar-refractivity contribution < 1.29 is 14.3 Å². The van der Waals surface area contributed by atoms with Crippen LogP contribution in [0.25, 0.3) is 0 Å². The van der Waals surface area contributed by atoms with Gasteiger partial charge in [-0.25, -0.2) is 9.97 Å². The lowest BCUT2D eigenvalue weighted by Gasteiger charge is -2.08. The van der Waals surface area contributed by atoms with E-state index in [0.717, 1.165) is 29.2 Å². The second-order valence-electron chi connectivity index (χ2n) is 6.34. The van der Waals surface area contributed by atoms with Crippen molar-refractivity contribution in [2.75, 3.05) is 17.4 Å². The Bertz CT molecular complexity index is 972. The van der Waals surface area contributed by atoms with Crippen molar-refractivity contribution in [1.82, 2.24) is 9.97 Å². The van der Waals surface area contributed by atoms with Crippen LogP contribution in [-0.2, 0) is 13.0 Å². The largest absolute Gasteiger partial charge is 0.454 e. The third-order valence-corrected chi connectivity index (χ3v) is 4.42. The van der Waals surface area contributed by atoms with Gasteiger partial charge in [0.1, 0.15) is 0 Å². The molecule has 7 heteroatoms. The van der Waals surface area contributed by atoms with Gasteiger partial charge < -0.3 is 20.1 Å². The van der Waals surface area contributed by atoms with Crippen molar-refractivity contribution in [2.24, 2.45) is 0 Å². The number of rotatable bonds is 6. The van der Waals surface area contributed by atoms with Crippen molar-refractivity contribution in [1.29, 1.82) is 0 Å². The van der Waals surface area contributed by atoms with E-state index in [4.69, 9.17) is 9.47 Å². The molecule has 0 radical (unpaired) electrons. The molecule has 0 atom stereocenters. The van der Waals surface area contributed by atoms with Crippen LogP contribution in [0.2, 0.25) is 0 Å². The highest BCUT2D eigenvalue weighted by atomic mass is 16.7. The maximum Gasteiger partial charge on any atom is 0.258 e. The SMILES string of the molecule is CCc1ccc(NC(=O)c2cnc(NCc3ccc4c(c3)OCO4)nc2)cc1. The minimum Gasteiger partial charge on any atom is -0.454 e. The van der Waals surface area contributed by atoms with Crippen LogP contribution in [0.1, 0.15) is 28.4 Å². The molecule has 3 aromatic rings. The van der Waals surface area contributed by atoms with E-state index in [9.17, 15) is 4.79 Å². The van der Waals surface area contributed by atoms with Gasteiger partial charge >= 0.3 is 0 Å². The van der Waals surface area contributed by atoms with Crippen LogP contribution in [0.5, 0.6) is 11.5 Å². The molecule has 2 aromatic carbocycles. The quantitative estimate of drug-likeness (QED) is 0.683. The molecule has 28 heavy (non-hydrogen) atoms. The summed E-state index contributed by atoms with van der Waals surface area (Å²) in [5.74, 6) is 1.69. The molecule has 0 bridgehead atoms. The van der Waals surface area contributed by atoms with E-state index >= 15 is 0 Å². The topological polar surface area (TPSA) is 85.4 Å². The molecule has 0 fully saturated rings. The summed E-state index contributed by atoms with van der Waals surface area (Å²) < 4.78 is 10.7. The van der Waals surface area contributed by atoms with Gasteiger partial charge in [-0.3, -0.25) is 4.79 Å². The zero-order chi connectivity index (χ0) is 19.3. The minimum absolute atomic E-state index is 0.244. The Hall–Kier alpha value is -3.61. The van der Waals surface area contributed by atoms with Crippen molar-refractivity contribution in [3.8, 4) is 11.5 Å². The number of nitrogens with one attached hydrogen (secondary N) is 2. The van der Waals surface area contributed by atoms with Crippen LogP contribution in [0, 0.1) is 0 Å². The molecule has 0 saturated heterocycles. The van der Waals surface area contributed by atoms with Gasteiger partial charge in [0.05, 0.1) is 5.56 Å². The summed E-state index contributed by atoms with van der Waals surface area (Å²) in [6.45, 7) is 2.88. The van der Waals surface area contributed by atoms with Crippen molar-refractivity contribution in [2.45, 2.75) is 19.9 Å². The smallest absolute Gasteiger partial charge is 0.258 e. The number of aryl methyl sites for hydroxylation is 1. The Morgan fingerprint density at radius 3 is 2.46 bits per heavy atom. The third-order valence-electron chi connectivity index (χ3n) is 4.42. The Morgan fingerprint density at radius 1 is 1.00 bits per heavy atom. The van der Waals surface area contributed by atoms with E-state index in [1.165, 1.54) is 18.0 Å². The monoisotopic (exact) mass is 376 g/mol. The Kier molecular flexibility index (Phi) is 5.05. The number of carbonyl (C=O) groups is 1. The average Bonchev–Trinajstić information content (AvgIpc) is 3.21. The highest BCUT2D eigenvalue weighted by Gasteiger charge is 2.13. The zero-order valence-electron chi connectivity index (χ0n) is 15.4. The molecule has 4 rings (SSSR count). The lowest BCUT2D eigenvalue weighted by atomic mass is 10.1. The van der Waals surface area contributed by atoms with Gasteiger partial charge in [0.25, 0.3) is 5.91 Å². The lowest BCUT2D eigenvalue weighted by Crippen LogP contribution is -2.13. The fraction of sp³-hybridized carbons (Fsp3) is 0.190. The number of nitrogens with zero attached hydrogens (tertiary/aromatic N) is 2. The van der Waals surface area contributed by atoms with Gasteiger partial charge in [0.15, 0.2) is 11.5 Å².